The maximum absolute atomic E-state index is 11.5. The Morgan fingerprint density at radius 2 is 1.90 bits per heavy atom. The molecule has 0 spiro atoms. The molecule has 106 valence electrons. The largest absolute Gasteiger partial charge is 0.398 e. The van der Waals surface area contributed by atoms with Crippen LogP contribution in [0.5, 0.6) is 0 Å². The fourth-order valence-corrected chi connectivity index (χ4v) is 4.09. The predicted octanol–water partition coefficient (Wildman–Crippen LogP) is 1.81. The maximum atomic E-state index is 11.5. The van der Waals surface area contributed by atoms with Crippen LogP contribution in [0.3, 0.4) is 0 Å². The summed E-state index contributed by atoms with van der Waals surface area (Å²) in [6.07, 6.45) is 4.80. The third kappa shape index (κ3) is 2.56. The molecule has 0 bridgehead atoms. The fourth-order valence-electron chi connectivity index (χ4n) is 2.59. The van der Waals surface area contributed by atoms with Crippen LogP contribution in [0.25, 0.3) is 10.8 Å². The summed E-state index contributed by atoms with van der Waals surface area (Å²) >= 11 is 0. The average molecular weight is 291 g/mol. The summed E-state index contributed by atoms with van der Waals surface area (Å²) in [7, 11) is -2.83. The summed E-state index contributed by atoms with van der Waals surface area (Å²) in [5, 5.41) is 5.37. The normalized spacial score (nSPS) is 19.0. The Morgan fingerprint density at radius 3 is 2.65 bits per heavy atom. The lowest BCUT2D eigenvalue weighted by atomic mass is 10.1. The van der Waals surface area contributed by atoms with Crippen LogP contribution in [0, 0.1) is 0 Å². The molecular weight excluding hydrogens is 274 g/mol. The monoisotopic (exact) mass is 291 g/mol. The van der Waals surface area contributed by atoms with Crippen LogP contribution in [0.4, 0.5) is 11.4 Å². The minimum Gasteiger partial charge on any atom is -0.398 e. The van der Waals surface area contributed by atoms with E-state index in [2.05, 4.69) is 10.3 Å². The first-order valence-corrected chi connectivity index (χ1v) is 8.46. The highest BCUT2D eigenvalue weighted by atomic mass is 32.2. The van der Waals surface area contributed by atoms with Crippen LogP contribution in [0.15, 0.2) is 30.6 Å². The van der Waals surface area contributed by atoms with Gasteiger partial charge in [0, 0.05) is 40.6 Å². The minimum atomic E-state index is -2.83. The van der Waals surface area contributed by atoms with Crippen LogP contribution in [0.2, 0.25) is 0 Å². The van der Waals surface area contributed by atoms with Gasteiger partial charge >= 0.3 is 0 Å². The molecule has 3 N–H and O–H groups in total. The van der Waals surface area contributed by atoms with Crippen molar-refractivity contribution in [2.75, 3.05) is 22.6 Å². The Kier molecular flexibility index (Phi) is 3.25. The third-order valence-electron chi connectivity index (χ3n) is 3.77. The molecule has 0 atom stereocenters. The van der Waals surface area contributed by atoms with Crippen molar-refractivity contribution in [1.82, 2.24) is 4.98 Å². The van der Waals surface area contributed by atoms with Gasteiger partial charge in [0.2, 0.25) is 0 Å². The molecule has 0 aliphatic carbocycles. The van der Waals surface area contributed by atoms with Gasteiger partial charge in [-0.15, -0.1) is 0 Å². The predicted molar refractivity (Wildman–Crippen MR) is 81.5 cm³/mol. The first kappa shape index (κ1) is 13.2. The van der Waals surface area contributed by atoms with E-state index in [-0.39, 0.29) is 17.5 Å². The van der Waals surface area contributed by atoms with Gasteiger partial charge < -0.3 is 11.1 Å². The number of rotatable bonds is 2. The van der Waals surface area contributed by atoms with Crippen molar-refractivity contribution >= 4 is 32.0 Å². The molecule has 1 aliphatic rings. The zero-order valence-electron chi connectivity index (χ0n) is 11.0. The molecule has 1 aliphatic heterocycles. The summed E-state index contributed by atoms with van der Waals surface area (Å²) in [6.45, 7) is 0. The van der Waals surface area contributed by atoms with E-state index >= 15 is 0 Å². The zero-order valence-corrected chi connectivity index (χ0v) is 11.9. The van der Waals surface area contributed by atoms with Crippen molar-refractivity contribution in [3.05, 3.63) is 30.6 Å². The number of benzene rings is 1. The molecule has 0 unspecified atom stereocenters. The summed E-state index contributed by atoms with van der Waals surface area (Å²) in [6, 6.07) is 5.87. The molecule has 5 nitrogen and oxygen atoms in total. The summed E-state index contributed by atoms with van der Waals surface area (Å²) < 4.78 is 22.9. The highest BCUT2D eigenvalue weighted by Crippen LogP contribution is 2.29. The van der Waals surface area contributed by atoms with E-state index in [4.69, 9.17) is 5.73 Å². The van der Waals surface area contributed by atoms with Crippen molar-refractivity contribution in [3.63, 3.8) is 0 Å². The van der Waals surface area contributed by atoms with Gasteiger partial charge in [-0.3, -0.25) is 4.98 Å². The molecule has 0 saturated carbocycles. The average Bonchev–Trinajstić information content (AvgIpc) is 2.44. The molecular formula is C14H17N3O2S. The molecule has 1 fully saturated rings. The van der Waals surface area contributed by atoms with E-state index in [9.17, 15) is 8.42 Å². The number of nitrogens with zero attached hydrogens (tertiary/aromatic N) is 1. The second kappa shape index (κ2) is 4.94. The minimum absolute atomic E-state index is 0.186. The standard InChI is InChI=1S/C14H17N3O2S/c15-13-1-2-14(12-9-16-6-3-11(12)13)17-10-4-7-20(18,19)8-5-10/h1-3,6,9-10,17H,4-5,7-8,15H2. The van der Waals surface area contributed by atoms with Gasteiger partial charge in [-0.05, 0) is 31.0 Å². The zero-order chi connectivity index (χ0) is 14.2. The first-order valence-electron chi connectivity index (χ1n) is 6.64. The van der Waals surface area contributed by atoms with Crippen molar-refractivity contribution in [3.8, 4) is 0 Å². The maximum Gasteiger partial charge on any atom is 0.150 e. The van der Waals surface area contributed by atoms with Crippen molar-refractivity contribution in [1.29, 1.82) is 0 Å². The smallest absolute Gasteiger partial charge is 0.150 e. The molecule has 1 aromatic carbocycles. The van der Waals surface area contributed by atoms with Gasteiger partial charge in [-0.2, -0.15) is 0 Å². The number of nitrogens with two attached hydrogens (primary N) is 1. The summed E-state index contributed by atoms with van der Waals surface area (Å²) in [4.78, 5) is 4.14. The molecule has 2 heterocycles. The number of aromatic nitrogens is 1. The molecule has 0 radical (unpaired) electrons. The second-order valence-corrected chi connectivity index (χ2v) is 7.50. The lowest BCUT2D eigenvalue weighted by Crippen LogP contribution is -2.32. The van der Waals surface area contributed by atoms with Gasteiger partial charge in [0.25, 0.3) is 0 Å². The highest BCUT2D eigenvalue weighted by molar-refractivity contribution is 7.91. The topological polar surface area (TPSA) is 85.1 Å². The van der Waals surface area contributed by atoms with E-state index in [0.717, 1.165) is 22.1 Å². The van der Waals surface area contributed by atoms with Crippen LogP contribution >= 0.6 is 0 Å². The summed E-state index contributed by atoms with van der Waals surface area (Å²) in [5.41, 5.74) is 7.64. The first-order chi connectivity index (χ1) is 9.55. The van der Waals surface area contributed by atoms with Crippen molar-refractivity contribution in [2.24, 2.45) is 0 Å². The molecule has 3 rings (SSSR count). The molecule has 2 aromatic rings. The van der Waals surface area contributed by atoms with Gasteiger partial charge in [0.1, 0.15) is 9.84 Å². The Balaban J connectivity index is 1.87. The highest BCUT2D eigenvalue weighted by Gasteiger charge is 2.23. The molecule has 6 heteroatoms. The van der Waals surface area contributed by atoms with Crippen molar-refractivity contribution < 1.29 is 8.42 Å². The Bertz CT molecular complexity index is 729. The SMILES string of the molecule is Nc1ccc(NC2CCS(=O)(=O)CC2)c2cnccc12. The van der Waals surface area contributed by atoms with E-state index < -0.39 is 9.84 Å². The second-order valence-electron chi connectivity index (χ2n) is 5.19. The Hall–Kier alpha value is -1.82. The number of pyridine rings is 1. The lowest BCUT2D eigenvalue weighted by molar-refractivity contribution is 0.560. The number of nitrogens with one attached hydrogen (secondary N) is 1. The molecule has 20 heavy (non-hydrogen) atoms. The van der Waals surface area contributed by atoms with Crippen LogP contribution in [-0.2, 0) is 9.84 Å². The van der Waals surface area contributed by atoms with Gasteiger partial charge in [-0.25, -0.2) is 8.42 Å². The Labute approximate surface area is 118 Å². The van der Waals surface area contributed by atoms with E-state index in [0.29, 0.717) is 12.8 Å². The molecule has 1 aromatic heterocycles. The molecule has 0 amide bonds. The lowest BCUT2D eigenvalue weighted by Gasteiger charge is -2.24. The van der Waals surface area contributed by atoms with Crippen LogP contribution in [-0.4, -0.2) is 30.9 Å². The van der Waals surface area contributed by atoms with Crippen molar-refractivity contribution in [2.45, 2.75) is 18.9 Å². The van der Waals surface area contributed by atoms with Crippen LogP contribution in [0.1, 0.15) is 12.8 Å². The number of nitrogen functional groups attached to an aromatic ring is 1. The fraction of sp³-hybridized carbons (Fsp3) is 0.357. The molecule has 1 saturated heterocycles. The van der Waals surface area contributed by atoms with Gasteiger partial charge in [0.15, 0.2) is 0 Å². The number of fused-ring (bicyclic) bond motifs is 1. The quantitative estimate of drug-likeness (QED) is 0.824. The number of sulfone groups is 1. The van der Waals surface area contributed by atoms with Gasteiger partial charge in [0.05, 0.1) is 11.5 Å². The summed E-state index contributed by atoms with van der Waals surface area (Å²) in [5.74, 6) is 0.519. The third-order valence-corrected chi connectivity index (χ3v) is 5.48. The number of hydrogen-bond acceptors (Lipinski definition) is 5. The number of anilines is 2. The van der Waals surface area contributed by atoms with Crippen LogP contribution < -0.4 is 11.1 Å². The number of hydrogen-bond donors (Lipinski definition) is 2. The van der Waals surface area contributed by atoms with E-state index in [1.54, 1.807) is 12.4 Å². The van der Waals surface area contributed by atoms with Gasteiger partial charge in [-0.1, -0.05) is 0 Å². The van der Waals surface area contributed by atoms with E-state index in [1.165, 1.54) is 0 Å². The Morgan fingerprint density at radius 1 is 1.15 bits per heavy atom. The van der Waals surface area contributed by atoms with E-state index in [1.807, 2.05) is 18.2 Å².